The van der Waals surface area contributed by atoms with E-state index in [-0.39, 0.29) is 17.5 Å². The molecule has 1 atom stereocenters. The van der Waals surface area contributed by atoms with E-state index in [0.29, 0.717) is 24.0 Å². The zero-order valence-corrected chi connectivity index (χ0v) is 11.1. The van der Waals surface area contributed by atoms with E-state index < -0.39 is 10.0 Å². The number of nitrogens with zero attached hydrogens (tertiary/aromatic N) is 2. The highest BCUT2D eigenvalue weighted by Gasteiger charge is 2.36. The number of hydrogen-bond acceptors (Lipinski definition) is 4. The third-order valence-corrected chi connectivity index (χ3v) is 5.53. The molecule has 3 heterocycles. The van der Waals surface area contributed by atoms with Crippen LogP contribution in [-0.4, -0.2) is 47.0 Å². The molecule has 0 bridgehead atoms. The Morgan fingerprint density at radius 3 is 3.16 bits per heavy atom. The lowest BCUT2D eigenvalue weighted by Crippen LogP contribution is -2.37. The van der Waals surface area contributed by atoms with Crippen LogP contribution >= 0.6 is 0 Å². The Bertz CT molecular complexity index is 695. The Morgan fingerprint density at radius 2 is 2.37 bits per heavy atom. The van der Waals surface area contributed by atoms with Gasteiger partial charge in [-0.2, -0.15) is 4.31 Å². The van der Waals surface area contributed by atoms with Gasteiger partial charge in [0, 0.05) is 30.4 Å². The SMILES string of the molecule is O=S(=O)(c1c[nH]c2ncccc12)N1CCCC1CO. The number of aromatic nitrogens is 2. The molecule has 2 N–H and O–H groups in total. The van der Waals surface area contributed by atoms with Gasteiger partial charge < -0.3 is 10.1 Å². The lowest BCUT2D eigenvalue weighted by molar-refractivity contribution is 0.213. The predicted molar refractivity (Wildman–Crippen MR) is 70.1 cm³/mol. The fraction of sp³-hybridized carbons (Fsp3) is 0.417. The first-order valence-electron chi connectivity index (χ1n) is 6.19. The molecular formula is C12H15N3O3S. The lowest BCUT2D eigenvalue weighted by Gasteiger charge is -2.21. The number of aliphatic hydroxyl groups excluding tert-OH is 1. The normalized spacial score (nSPS) is 21.2. The number of hydrogen-bond donors (Lipinski definition) is 2. The average molecular weight is 281 g/mol. The summed E-state index contributed by atoms with van der Waals surface area (Å²) in [4.78, 5) is 7.20. The highest BCUT2D eigenvalue weighted by molar-refractivity contribution is 7.89. The molecule has 0 amide bonds. The molecule has 19 heavy (non-hydrogen) atoms. The molecule has 0 aromatic carbocycles. The fourth-order valence-electron chi connectivity index (χ4n) is 2.58. The van der Waals surface area contributed by atoms with E-state index in [2.05, 4.69) is 9.97 Å². The van der Waals surface area contributed by atoms with E-state index in [1.807, 2.05) is 0 Å². The third-order valence-electron chi connectivity index (χ3n) is 3.53. The van der Waals surface area contributed by atoms with Crippen LogP contribution in [0.5, 0.6) is 0 Å². The van der Waals surface area contributed by atoms with Gasteiger partial charge in [0.25, 0.3) is 0 Å². The van der Waals surface area contributed by atoms with Crippen molar-refractivity contribution in [2.75, 3.05) is 13.2 Å². The molecular weight excluding hydrogens is 266 g/mol. The van der Waals surface area contributed by atoms with Gasteiger partial charge in [-0.3, -0.25) is 0 Å². The summed E-state index contributed by atoms with van der Waals surface area (Å²) in [6.07, 6.45) is 4.57. The van der Waals surface area contributed by atoms with Crippen LogP contribution in [0.15, 0.2) is 29.4 Å². The topological polar surface area (TPSA) is 86.3 Å². The van der Waals surface area contributed by atoms with Crippen molar-refractivity contribution in [2.45, 2.75) is 23.8 Å². The quantitative estimate of drug-likeness (QED) is 0.867. The van der Waals surface area contributed by atoms with Crippen LogP contribution < -0.4 is 0 Å². The summed E-state index contributed by atoms with van der Waals surface area (Å²) >= 11 is 0. The van der Waals surface area contributed by atoms with E-state index in [1.54, 1.807) is 18.3 Å². The van der Waals surface area contributed by atoms with E-state index in [0.717, 1.165) is 6.42 Å². The predicted octanol–water partition coefficient (Wildman–Crippen LogP) is 0.708. The molecule has 1 unspecified atom stereocenters. The summed E-state index contributed by atoms with van der Waals surface area (Å²) in [6.45, 7) is 0.320. The first-order chi connectivity index (χ1) is 9.14. The smallest absolute Gasteiger partial charge is 0.245 e. The van der Waals surface area contributed by atoms with Gasteiger partial charge in [-0.05, 0) is 25.0 Å². The Hall–Kier alpha value is -1.44. The standard InChI is InChI=1S/C12H15N3O3S/c16-8-9-3-2-6-15(9)19(17,18)11-7-14-12-10(11)4-1-5-13-12/h1,4-5,7,9,16H,2-3,6,8H2,(H,13,14). The Labute approximate surface area is 111 Å². The van der Waals surface area contributed by atoms with Crippen molar-refractivity contribution in [1.29, 1.82) is 0 Å². The van der Waals surface area contributed by atoms with Gasteiger partial charge >= 0.3 is 0 Å². The van der Waals surface area contributed by atoms with E-state index in [1.165, 1.54) is 10.5 Å². The molecule has 1 saturated heterocycles. The minimum Gasteiger partial charge on any atom is -0.395 e. The lowest BCUT2D eigenvalue weighted by atomic mass is 10.2. The number of fused-ring (bicyclic) bond motifs is 1. The zero-order valence-electron chi connectivity index (χ0n) is 10.3. The molecule has 0 spiro atoms. The maximum atomic E-state index is 12.6. The number of pyridine rings is 1. The maximum absolute atomic E-state index is 12.6. The maximum Gasteiger partial charge on any atom is 0.245 e. The number of H-pyrrole nitrogens is 1. The number of aliphatic hydroxyl groups is 1. The Morgan fingerprint density at radius 1 is 1.53 bits per heavy atom. The summed E-state index contributed by atoms with van der Waals surface area (Å²) in [5.74, 6) is 0. The first-order valence-corrected chi connectivity index (χ1v) is 7.63. The molecule has 2 aromatic rings. The van der Waals surface area contributed by atoms with Crippen molar-refractivity contribution in [2.24, 2.45) is 0 Å². The molecule has 3 rings (SSSR count). The van der Waals surface area contributed by atoms with Gasteiger partial charge in [-0.1, -0.05) is 0 Å². The second-order valence-corrected chi connectivity index (χ2v) is 6.51. The molecule has 6 nitrogen and oxygen atoms in total. The Balaban J connectivity index is 2.09. The molecule has 0 aliphatic carbocycles. The Kier molecular flexibility index (Phi) is 3.04. The zero-order chi connectivity index (χ0) is 13.5. The first kappa shape index (κ1) is 12.6. The molecule has 7 heteroatoms. The van der Waals surface area contributed by atoms with Gasteiger partial charge in [0.1, 0.15) is 10.5 Å². The van der Waals surface area contributed by atoms with Crippen LogP contribution in [0.3, 0.4) is 0 Å². The van der Waals surface area contributed by atoms with Crippen LogP contribution in [-0.2, 0) is 10.0 Å². The summed E-state index contributed by atoms with van der Waals surface area (Å²) < 4.78 is 26.7. The van der Waals surface area contributed by atoms with E-state index >= 15 is 0 Å². The summed E-state index contributed by atoms with van der Waals surface area (Å²) in [7, 11) is -3.58. The number of nitrogens with one attached hydrogen (secondary N) is 1. The molecule has 1 fully saturated rings. The second kappa shape index (κ2) is 4.59. The van der Waals surface area contributed by atoms with Crippen molar-refractivity contribution >= 4 is 21.1 Å². The highest BCUT2D eigenvalue weighted by Crippen LogP contribution is 2.29. The molecule has 0 saturated carbocycles. The van der Waals surface area contributed by atoms with Crippen molar-refractivity contribution < 1.29 is 13.5 Å². The van der Waals surface area contributed by atoms with Gasteiger partial charge in [0.05, 0.1) is 6.61 Å². The van der Waals surface area contributed by atoms with E-state index in [9.17, 15) is 13.5 Å². The van der Waals surface area contributed by atoms with Gasteiger partial charge in [0.2, 0.25) is 10.0 Å². The number of rotatable bonds is 3. The summed E-state index contributed by atoms with van der Waals surface area (Å²) in [6, 6.07) is 3.13. The van der Waals surface area contributed by atoms with Crippen LogP contribution in [0.4, 0.5) is 0 Å². The van der Waals surface area contributed by atoms with Gasteiger partial charge in [-0.15, -0.1) is 0 Å². The monoisotopic (exact) mass is 281 g/mol. The second-order valence-electron chi connectivity index (χ2n) is 4.65. The van der Waals surface area contributed by atoms with Gasteiger partial charge in [0.15, 0.2) is 0 Å². The van der Waals surface area contributed by atoms with Crippen molar-refractivity contribution in [1.82, 2.24) is 14.3 Å². The van der Waals surface area contributed by atoms with Crippen LogP contribution in [0.2, 0.25) is 0 Å². The third kappa shape index (κ3) is 1.94. The minimum atomic E-state index is -3.58. The molecule has 1 aliphatic heterocycles. The van der Waals surface area contributed by atoms with Crippen molar-refractivity contribution in [3.63, 3.8) is 0 Å². The van der Waals surface area contributed by atoms with Gasteiger partial charge in [-0.25, -0.2) is 13.4 Å². The van der Waals surface area contributed by atoms with Crippen LogP contribution in [0.1, 0.15) is 12.8 Å². The average Bonchev–Trinajstić information content (AvgIpc) is 3.05. The molecule has 1 aliphatic rings. The molecule has 102 valence electrons. The minimum absolute atomic E-state index is 0.139. The van der Waals surface area contributed by atoms with E-state index in [4.69, 9.17) is 0 Å². The van der Waals surface area contributed by atoms with Crippen LogP contribution in [0.25, 0.3) is 11.0 Å². The summed E-state index contributed by atoms with van der Waals surface area (Å²) in [5, 5.41) is 9.87. The highest BCUT2D eigenvalue weighted by atomic mass is 32.2. The van der Waals surface area contributed by atoms with Crippen LogP contribution in [0, 0.1) is 0 Å². The van der Waals surface area contributed by atoms with Crippen molar-refractivity contribution in [3.05, 3.63) is 24.5 Å². The number of aromatic amines is 1. The summed E-state index contributed by atoms with van der Waals surface area (Å²) in [5.41, 5.74) is 0.556. The van der Waals surface area contributed by atoms with Crippen molar-refractivity contribution in [3.8, 4) is 0 Å². The number of sulfonamides is 1. The largest absolute Gasteiger partial charge is 0.395 e. The molecule has 0 radical (unpaired) electrons. The fourth-order valence-corrected chi connectivity index (χ4v) is 4.42. The molecule has 2 aromatic heterocycles.